The molecule has 1 saturated carbocycles. The smallest absolute Gasteiger partial charge is 0.111 e. The van der Waals surface area contributed by atoms with Gasteiger partial charge in [0, 0.05) is 51.7 Å². The normalized spacial score (nSPS) is 23.4. The van der Waals surface area contributed by atoms with Gasteiger partial charge in [-0.05, 0) is 37.0 Å². The van der Waals surface area contributed by atoms with E-state index in [1.165, 1.54) is 61.2 Å². The topological polar surface area (TPSA) is 33.5 Å². The van der Waals surface area contributed by atoms with E-state index in [9.17, 15) is 0 Å². The quantitative estimate of drug-likeness (QED) is 0.849. The molecule has 2 aliphatic heterocycles. The Morgan fingerprint density at radius 3 is 2.69 bits per heavy atom. The molecule has 0 N–H and O–H groups in total. The molecule has 26 heavy (non-hydrogen) atoms. The van der Waals surface area contributed by atoms with Gasteiger partial charge in [-0.1, -0.05) is 12.5 Å². The Balaban J connectivity index is 1.35. The molecule has 0 amide bonds. The van der Waals surface area contributed by atoms with Crippen molar-refractivity contribution in [2.75, 3.05) is 39.4 Å². The van der Waals surface area contributed by atoms with E-state index in [-0.39, 0.29) is 0 Å². The third-order valence-corrected chi connectivity index (χ3v) is 6.44. The van der Waals surface area contributed by atoms with Gasteiger partial charge in [-0.2, -0.15) is 0 Å². The highest BCUT2D eigenvalue weighted by atomic mass is 16.5. The van der Waals surface area contributed by atoms with Gasteiger partial charge in [0.1, 0.15) is 5.82 Å². The SMILES string of the molecule is c1cc2c(cc1CN1CCOCC1)nc1n2CCCN(C2CCC2)CC1. The monoisotopic (exact) mass is 354 g/mol. The number of morpholine rings is 1. The van der Waals surface area contributed by atoms with Crippen LogP contribution in [0.1, 0.15) is 37.1 Å². The lowest BCUT2D eigenvalue weighted by atomic mass is 9.91. The van der Waals surface area contributed by atoms with Crippen molar-refractivity contribution in [1.82, 2.24) is 19.4 Å². The van der Waals surface area contributed by atoms with Gasteiger partial charge in [-0.3, -0.25) is 9.80 Å². The molecule has 140 valence electrons. The Hall–Kier alpha value is -1.43. The first-order valence-corrected chi connectivity index (χ1v) is 10.4. The lowest BCUT2D eigenvalue weighted by molar-refractivity contribution is 0.0342. The molecule has 0 spiro atoms. The second-order valence-corrected chi connectivity index (χ2v) is 8.12. The summed E-state index contributed by atoms with van der Waals surface area (Å²) in [6, 6.07) is 7.76. The lowest BCUT2D eigenvalue weighted by Crippen LogP contribution is -2.43. The molecule has 1 aromatic heterocycles. The molecular formula is C21H30N4O. The van der Waals surface area contributed by atoms with Crippen LogP contribution in [0.5, 0.6) is 0 Å². The highest BCUT2D eigenvalue weighted by Crippen LogP contribution is 2.27. The van der Waals surface area contributed by atoms with Crippen molar-refractivity contribution in [2.45, 2.75) is 51.2 Å². The van der Waals surface area contributed by atoms with Crippen molar-refractivity contribution < 1.29 is 4.74 Å². The van der Waals surface area contributed by atoms with Gasteiger partial charge in [-0.25, -0.2) is 4.98 Å². The molecule has 0 unspecified atom stereocenters. The maximum atomic E-state index is 5.46. The van der Waals surface area contributed by atoms with Crippen molar-refractivity contribution in [3.8, 4) is 0 Å². The summed E-state index contributed by atoms with van der Waals surface area (Å²) in [5.74, 6) is 1.28. The molecule has 2 fully saturated rings. The van der Waals surface area contributed by atoms with Crippen LogP contribution in [-0.4, -0.2) is 64.8 Å². The number of hydrogen-bond acceptors (Lipinski definition) is 4. The number of benzene rings is 1. The first-order chi connectivity index (χ1) is 12.9. The summed E-state index contributed by atoms with van der Waals surface area (Å²) >= 11 is 0. The van der Waals surface area contributed by atoms with E-state index in [2.05, 4.69) is 32.6 Å². The first-order valence-electron chi connectivity index (χ1n) is 10.4. The average molecular weight is 354 g/mol. The lowest BCUT2D eigenvalue weighted by Gasteiger charge is -2.38. The van der Waals surface area contributed by atoms with Crippen LogP contribution in [0.3, 0.4) is 0 Å². The van der Waals surface area contributed by atoms with Gasteiger partial charge >= 0.3 is 0 Å². The van der Waals surface area contributed by atoms with Gasteiger partial charge in [0.05, 0.1) is 24.2 Å². The van der Waals surface area contributed by atoms with Crippen molar-refractivity contribution >= 4 is 11.0 Å². The van der Waals surface area contributed by atoms with E-state index >= 15 is 0 Å². The predicted molar refractivity (Wildman–Crippen MR) is 103 cm³/mol. The first kappa shape index (κ1) is 16.7. The average Bonchev–Trinajstić information content (AvgIpc) is 2.93. The minimum Gasteiger partial charge on any atom is -0.379 e. The fourth-order valence-electron chi connectivity index (χ4n) is 4.69. The second-order valence-electron chi connectivity index (χ2n) is 8.12. The van der Waals surface area contributed by atoms with Gasteiger partial charge in [-0.15, -0.1) is 0 Å². The standard InChI is InChI=1S/C21H30N4O/c1-3-18(4-1)24-8-2-9-25-20-6-5-17(16-23-11-13-26-14-12-23)15-19(20)22-21(25)7-10-24/h5-6,15,18H,1-4,7-14,16H2. The van der Waals surface area contributed by atoms with E-state index in [0.29, 0.717) is 0 Å². The summed E-state index contributed by atoms with van der Waals surface area (Å²) in [5, 5.41) is 0. The molecule has 1 aromatic carbocycles. The van der Waals surface area contributed by atoms with Crippen molar-refractivity contribution in [3.05, 3.63) is 29.6 Å². The summed E-state index contributed by atoms with van der Waals surface area (Å²) in [4.78, 5) is 10.2. The molecule has 3 heterocycles. The van der Waals surface area contributed by atoms with Crippen molar-refractivity contribution in [3.63, 3.8) is 0 Å². The minimum atomic E-state index is 0.853. The molecule has 0 bridgehead atoms. The molecule has 5 nitrogen and oxygen atoms in total. The predicted octanol–water partition coefficient (Wildman–Crippen LogP) is 2.67. The number of rotatable bonds is 3. The largest absolute Gasteiger partial charge is 0.379 e. The van der Waals surface area contributed by atoms with E-state index in [1.807, 2.05) is 0 Å². The number of aromatic nitrogens is 2. The molecule has 1 saturated heterocycles. The van der Waals surface area contributed by atoms with E-state index < -0.39 is 0 Å². The number of imidazole rings is 1. The number of nitrogens with zero attached hydrogens (tertiary/aromatic N) is 4. The van der Waals surface area contributed by atoms with Crippen LogP contribution < -0.4 is 0 Å². The van der Waals surface area contributed by atoms with Crippen LogP contribution in [0.15, 0.2) is 18.2 Å². The number of ether oxygens (including phenoxy) is 1. The fourth-order valence-corrected chi connectivity index (χ4v) is 4.69. The molecule has 3 aliphatic rings. The number of hydrogen-bond donors (Lipinski definition) is 0. The number of aryl methyl sites for hydroxylation is 1. The minimum absolute atomic E-state index is 0.853. The van der Waals surface area contributed by atoms with Gasteiger partial charge in [0.15, 0.2) is 0 Å². The molecule has 1 aliphatic carbocycles. The maximum absolute atomic E-state index is 5.46. The van der Waals surface area contributed by atoms with E-state index in [0.717, 1.165) is 51.9 Å². The molecule has 5 heteroatoms. The maximum Gasteiger partial charge on any atom is 0.111 e. The number of fused-ring (bicyclic) bond motifs is 3. The van der Waals surface area contributed by atoms with Gasteiger partial charge < -0.3 is 9.30 Å². The summed E-state index contributed by atoms with van der Waals surface area (Å²) in [6.45, 7) is 8.34. The highest BCUT2D eigenvalue weighted by Gasteiger charge is 2.26. The highest BCUT2D eigenvalue weighted by molar-refractivity contribution is 5.77. The van der Waals surface area contributed by atoms with Crippen LogP contribution in [0.4, 0.5) is 0 Å². The van der Waals surface area contributed by atoms with E-state index in [1.54, 1.807) is 0 Å². The Kier molecular flexibility index (Phi) is 4.69. The summed E-state index contributed by atoms with van der Waals surface area (Å²) in [5.41, 5.74) is 3.88. The summed E-state index contributed by atoms with van der Waals surface area (Å²) < 4.78 is 7.94. The zero-order valence-electron chi connectivity index (χ0n) is 15.7. The Morgan fingerprint density at radius 1 is 1.00 bits per heavy atom. The zero-order chi connectivity index (χ0) is 17.3. The summed E-state index contributed by atoms with van der Waals surface area (Å²) in [7, 11) is 0. The molecule has 0 atom stereocenters. The molecule has 0 radical (unpaired) electrons. The van der Waals surface area contributed by atoms with Crippen molar-refractivity contribution in [1.29, 1.82) is 0 Å². The van der Waals surface area contributed by atoms with Crippen LogP contribution >= 0.6 is 0 Å². The Morgan fingerprint density at radius 2 is 1.88 bits per heavy atom. The second kappa shape index (κ2) is 7.29. The zero-order valence-corrected chi connectivity index (χ0v) is 15.7. The van der Waals surface area contributed by atoms with Crippen LogP contribution in [-0.2, 0) is 24.2 Å². The van der Waals surface area contributed by atoms with Crippen LogP contribution in [0.25, 0.3) is 11.0 Å². The Bertz CT molecular complexity index is 761. The Labute approximate surface area is 155 Å². The van der Waals surface area contributed by atoms with Gasteiger partial charge in [0.25, 0.3) is 0 Å². The van der Waals surface area contributed by atoms with Crippen LogP contribution in [0.2, 0.25) is 0 Å². The third kappa shape index (κ3) is 3.28. The summed E-state index contributed by atoms with van der Waals surface area (Å²) in [6.07, 6.45) is 6.56. The molecular weight excluding hydrogens is 324 g/mol. The van der Waals surface area contributed by atoms with E-state index in [4.69, 9.17) is 9.72 Å². The van der Waals surface area contributed by atoms with Crippen molar-refractivity contribution in [2.24, 2.45) is 0 Å². The molecule has 2 aromatic rings. The van der Waals surface area contributed by atoms with Gasteiger partial charge in [0.2, 0.25) is 0 Å². The third-order valence-electron chi connectivity index (χ3n) is 6.44. The fraction of sp³-hybridized carbons (Fsp3) is 0.667. The molecule has 5 rings (SSSR count). The van der Waals surface area contributed by atoms with Crippen LogP contribution in [0, 0.1) is 0 Å².